The lowest BCUT2D eigenvalue weighted by molar-refractivity contribution is -0.274. The van der Waals surface area contributed by atoms with E-state index in [2.05, 4.69) is 30.6 Å². The van der Waals surface area contributed by atoms with E-state index in [0.29, 0.717) is 27.7 Å². The highest BCUT2D eigenvalue weighted by molar-refractivity contribution is 6.05. The highest BCUT2D eigenvalue weighted by Gasteiger charge is 2.32. The Morgan fingerprint density at radius 2 is 1.87 bits per heavy atom. The fraction of sp³-hybridized carbons (Fsp3) is 0.231. The molecule has 4 aromatic rings. The molecule has 2 aromatic carbocycles. The molecular weight excluding hydrogens is 503 g/mol. The molecule has 1 saturated carbocycles. The largest absolute Gasteiger partial charge is 0.573 e. The molecule has 12 heteroatoms. The molecule has 5 rings (SSSR count). The molecule has 0 bridgehead atoms. The summed E-state index contributed by atoms with van der Waals surface area (Å²) < 4.78 is 47.4. The summed E-state index contributed by atoms with van der Waals surface area (Å²) in [5.74, 6) is -1.19. The van der Waals surface area contributed by atoms with Gasteiger partial charge in [0.2, 0.25) is 5.88 Å². The topological polar surface area (TPSA) is 118 Å². The number of benzene rings is 2. The predicted molar refractivity (Wildman–Crippen MR) is 131 cm³/mol. The molecule has 3 N–H and O–H groups in total. The summed E-state index contributed by atoms with van der Waals surface area (Å²) in [6.07, 6.45) is -1.40. The third-order valence-electron chi connectivity index (χ3n) is 5.95. The molecule has 0 saturated heterocycles. The number of carbonyl (C=O) groups is 2. The number of fused-ring (bicyclic) bond motifs is 1. The van der Waals surface area contributed by atoms with Crippen LogP contribution in [0.1, 0.15) is 39.3 Å². The number of aromatic nitrogens is 3. The molecule has 0 aliphatic heterocycles. The number of methoxy groups -OCH3 is 1. The van der Waals surface area contributed by atoms with Crippen LogP contribution in [-0.2, 0) is 6.54 Å². The molecular formula is C26H22F3N5O4. The molecule has 0 radical (unpaired) electrons. The summed E-state index contributed by atoms with van der Waals surface area (Å²) in [5.41, 5.74) is 2.45. The van der Waals surface area contributed by atoms with Crippen molar-refractivity contribution in [2.45, 2.75) is 31.8 Å². The molecule has 1 fully saturated rings. The average Bonchev–Trinajstić information content (AvgIpc) is 3.61. The van der Waals surface area contributed by atoms with Gasteiger partial charge in [-0.3, -0.25) is 14.7 Å². The summed E-state index contributed by atoms with van der Waals surface area (Å²) >= 11 is 0. The number of halogens is 3. The van der Waals surface area contributed by atoms with Gasteiger partial charge in [0.1, 0.15) is 11.3 Å². The number of nitrogens with one attached hydrogen (secondary N) is 3. The number of H-pyrrole nitrogens is 1. The van der Waals surface area contributed by atoms with Crippen LogP contribution >= 0.6 is 0 Å². The number of pyridine rings is 1. The molecule has 0 unspecified atom stereocenters. The Labute approximate surface area is 214 Å². The van der Waals surface area contributed by atoms with Crippen LogP contribution in [0.3, 0.4) is 0 Å². The Hall–Kier alpha value is -4.61. The lowest BCUT2D eigenvalue weighted by atomic mass is 10.0. The van der Waals surface area contributed by atoms with Crippen molar-refractivity contribution in [1.82, 2.24) is 25.8 Å². The number of alkyl halides is 3. The van der Waals surface area contributed by atoms with E-state index in [4.69, 9.17) is 4.74 Å². The number of carbonyl (C=O) groups excluding carboxylic acids is 2. The number of amides is 2. The van der Waals surface area contributed by atoms with Crippen molar-refractivity contribution in [3.05, 3.63) is 71.5 Å². The maximum atomic E-state index is 13.0. The van der Waals surface area contributed by atoms with Crippen LogP contribution < -0.4 is 20.1 Å². The predicted octanol–water partition coefficient (Wildman–Crippen LogP) is 4.35. The van der Waals surface area contributed by atoms with E-state index >= 15 is 0 Å². The molecule has 196 valence electrons. The first-order chi connectivity index (χ1) is 18.2. The van der Waals surface area contributed by atoms with E-state index in [0.717, 1.165) is 12.8 Å². The van der Waals surface area contributed by atoms with Crippen molar-refractivity contribution >= 4 is 22.7 Å². The minimum atomic E-state index is -4.86. The Morgan fingerprint density at radius 3 is 2.61 bits per heavy atom. The second-order valence-corrected chi connectivity index (χ2v) is 8.70. The van der Waals surface area contributed by atoms with Crippen LogP contribution in [-0.4, -0.2) is 46.5 Å². The van der Waals surface area contributed by atoms with Crippen molar-refractivity contribution in [2.75, 3.05) is 7.11 Å². The molecule has 2 aromatic heterocycles. The van der Waals surface area contributed by atoms with Crippen molar-refractivity contribution in [3.63, 3.8) is 0 Å². The average molecular weight is 525 g/mol. The monoisotopic (exact) mass is 525 g/mol. The van der Waals surface area contributed by atoms with Gasteiger partial charge in [-0.15, -0.1) is 13.2 Å². The fourth-order valence-electron chi connectivity index (χ4n) is 3.93. The molecule has 2 amide bonds. The second kappa shape index (κ2) is 10.0. The Kier molecular flexibility index (Phi) is 6.62. The maximum absolute atomic E-state index is 13.0. The minimum Gasteiger partial charge on any atom is -0.480 e. The first-order valence-corrected chi connectivity index (χ1v) is 11.7. The third kappa shape index (κ3) is 5.53. The Balaban J connectivity index is 1.37. The number of hydrogen-bond donors (Lipinski definition) is 3. The van der Waals surface area contributed by atoms with E-state index in [-0.39, 0.29) is 35.5 Å². The Bertz CT molecular complexity index is 1510. The van der Waals surface area contributed by atoms with Crippen LogP contribution in [0.5, 0.6) is 11.6 Å². The van der Waals surface area contributed by atoms with Gasteiger partial charge in [-0.05, 0) is 42.7 Å². The van der Waals surface area contributed by atoms with Crippen LogP contribution in [0.15, 0.2) is 54.7 Å². The lowest BCUT2D eigenvalue weighted by Gasteiger charge is -2.14. The van der Waals surface area contributed by atoms with Gasteiger partial charge in [0.15, 0.2) is 5.69 Å². The van der Waals surface area contributed by atoms with Crippen molar-refractivity contribution in [3.8, 4) is 22.8 Å². The molecule has 38 heavy (non-hydrogen) atoms. The van der Waals surface area contributed by atoms with Crippen molar-refractivity contribution in [1.29, 1.82) is 0 Å². The quantitative estimate of drug-likeness (QED) is 0.315. The van der Waals surface area contributed by atoms with Crippen LogP contribution in [0, 0.1) is 0 Å². The van der Waals surface area contributed by atoms with Gasteiger partial charge in [0.25, 0.3) is 11.8 Å². The van der Waals surface area contributed by atoms with Gasteiger partial charge in [-0.1, -0.05) is 24.3 Å². The second-order valence-electron chi connectivity index (χ2n) is 8.70. The van der Waals surface area contributed by atoms with Crippen molar-refractivity contribution in [2.24, 2.45) is 0 Å². The number of rotatable bonds is 8. The number of nitrogens with zero attached hydrogens (tertiary/aromatic N) is 2. The highest BCUT2D eigenvalue weighted by Crippen LogP contribution is 2.29. The molecule has 9 nitrogen and oxygen atoms in total. The molecule has 2 heterocycles. The first kappa shape index (κ1) is 25.1. The third-order valence-corrected chi connectivity index (χ3v) is 5.95. The van der Waals surface area contributed by atoms with Gasteiger partial charge in [0.05, 0.1) is 12.6 Å². The Morgan fingerprint density at radius 1 is 1.08 bits per heavy atom. The smallest absolute Gasteiger partial charge is 0.480 e. The fourth-order valence-corrected chi connectivity index (χ4v) is 3.93. The van der Waals surface area contributed by atoms with Gasteiger partial charge in [-0.2, -0.15) is 5.10 Å². The summed E-state index contributed by atoms with van der Waals surface area (Å²) in [5, 5.41) is 13.2. The van der Waals surface area contributed by atoms with Crippen molar-refractivity contribution < 1.29 is 32.2 Å². The minimum absolute atomic E-state index is 0.0488. The van der Waals surface area contributed by atoms with Crippen LogP contribution in [0.4, 0.5) is 13.2 Å². The van der Waals surface area contributed by atoms with E-state index < -0.39 is 18.0 Å². The zero-order chi connectivity index (χ0) is 26.9. The van der Waals surface area contributed by atoms with E-state index in [1.165, 1.54) is 31.5 Å². The van der Waals surface area contributed by atoms with Gasteiger partial charge in [-0.25, -0.2) is 4.98 Å². The zero-order valence-electron chi connectivity index (χ0n) is 20.1. The standard InChI is InChI=1S/C26H22F3N5O4/c1-37-25-19(23(35)30-12-15-4-2-3-5-21(15)38-26(27,28)29)10-16(13-31-25)14-6-9-18-20(11-14)33-34-22(18)24(36)32-17-7-8-17/h2-6,9-11,13,17H,7-8,12H2,1H3,(H,30,35)(H,32,36)(H,33,34). The number of aromatic amines is 1. The molecule has 0 atom stereocenters. The van der Waals surface area contributed by atoms with E-state index in [1.54, 1.807) is 30.3 Å². The zero-order valence-corrected chi connectivity index (χ0v) is 20.1. The molecule has 1 aliphatic rings. The van der Waals surface area contributed by atoms with Gasteiger partial charge >= 0.3 is 6.36 Å². The van der Waals surface area contributed by atoms with E-state index in [1.807, 2.05) is 0 Å². The summed E-state index contributed by atoms with van der Waals surface area (Å²) in [4.78, 5) is 29.7. The number of para-hydroxylation sites is 1. The lowest BCUT2D eigenvalue weighted by Crippen LogP contribution is -2.25. The normalized spacial score (nSPS) is 13.3. The summed E-state index contributed by atoms with van der Waals surface area (Å²) in [6.45, 7) is -0.218. The highest BCUT2D eigenvalue weighted by atomic mass is 19.4. The van der Waals surface area contributed by atoms with Crippen LogP contribution in [0.2, 0.25) is 0 Å². The van der Waals surface area contributed by atoms with Gasteiger partial charge in [0, 0.05) is 35.3 Å². The van der Waals surface area contributed by atoms with Gasteiger partial charge < -0.3 is 20.1 Å². The number of hydrogen-bond acceptors (Lipinski definition) is 6. The van der Waals surface area contributed by atoms with E-state index in [9.17, 15) is 22.8 Å². The summed E-state index contributed by atoms with van der Waals surface area (Å²) in [6, 6.07) is 12.6. The van der Waals surface area contributed by atoms with Crippen LogP contribution in [0.25, 0.3) is 22.0 Å². The first-order valence-electron chi connectivity index (χ1n) is 11.7. The summed E-state index contributed by atoms with van der Waals surface area (Å²) in [7, 11) is 1.36. The SMILES string of the molecule is COc1ncc(-c2ccc3c(C(=O)NC4CC4)n[nH]c3c2)cc1C(=O)NCc1ccccc1OC(F)(F)F. The molecule has 0 spiro atoms. The maximum Gasteiger partial charge on any atom is 0.573 e. The molecule has 1 aliphatic carbocycles. The number of ether oxygens (including phenoxy) is 2.